The number of hydrogen-bond acceptors (Lipinski definition) is 4. The highest BCUT2D eigenvalue weighted by Gasteiger charge is 2.38. The molecular formula is C23H34N4O2. The Morgan fingerprint density at radius 3 is 2.24 bits per heavy atom. The summed E-state index contributed by atoms with van der Waals surface area (Å²) in [6.07, 6.45) is 9.04. The molecule has 2 saturated heterocycles. The van der Waals surface area contributed by atoms with Crippen molar-refractivity contribution in [3.63, 3.8) is 0 Å². The van der Waals surface area contributed by atoms with E-state index in [2.05, 4.69) is 50.8 Å². The number of carbonyl (C=O) groups excluding carboxylic acids is 2. The molecule has 6 nitrogen and oxygen atoms in total. The van der Waals surface area contributed by atoms with Gasteiger partial charge in [-0.2, -0.15) is 0 Å². The number of carbonyl (C=O) groups is 2. The maximum absolute atomic E-state index is 12.5. The van der Waals surface area contributed by atoms with Crippen LogP contribution in [0.5, 0.6) is 0 Å². The van der Waals surface area contributed by atoms with E-state index in [9.17, 15) is 9.59 Å². The predicted molar refractivity (Wildman–Crippen MR) is 113 cm³/mol. The van der Waals surface area contributed by atoms with Crippen LogP contribution in [0.15, 0.2) is 30.3 Å². The fourth-order valence-electron chi connectivity index (χ4n) is 5.43. The molecule has 1 aliphatic carbocycles. The Hall–Kier alpha value is -1.92. The lowest BCUT2D eigenvalue weighted by atomic mass is 10.0. The van der Waals surface area contributed by atoms with E-state index in [0.29, 0.717) is 18.6 Å². The normalized spacial score (nSPS) is 26.1. The van der Waals surface area contributed by atoms with E-state index in [0.717, 1.165) is 58.2 Å². The lowest BCUT2D eigenvalue weighted by Crippen LogP contribution is -2.51. The molecule has 29 heavy (non-hydrogen) atoms. The minimum Gasteiger partial charge on any atom is -0.335 e. The molecule has 0 bridgehead atoms. The van der Waals surface area contributed by atoms with E-state index >= 15 is 0 Å². The van der Waals surface area contributed by atoms with Gasteiger partial charge in [-0.05, 0) is 57.2 Å². The van der Waals surface area contributed by atoms with Gasteiger partial charge < -0.3 is 5.32 Å². The van der Waals surface area contributed by atoms with Crippen molar-refractivity contribution >= 4 is 11.9 Å². The number of imide groups is 1. The quantitative estimate of drug-likeness (QED) is 0.773. The fraction of sp³-hybridized carbons (Fsp3) is 0.652. The molecule has 158 valence electrons. The van der Waals surface area contributed by atoms with Crippen molar-refractivity contribution in [3.8, 4) is 0 Å². The first-order valence-corrected chi connectivity index (χ1v) is 11.3. The lowest BCUT2D eigenvalue weighted by molar-refractivity contribution is -0.121. The molecule has 2 aliphatic heterocycles. The van der Waals surface area contributed by atoms with Crippen LogP contribution in [0.3, 0.4) is 0 Å². The molecule has 0 radical (unpaired) electrons. The molecule has 1 aromatic carbocycles. The van der Waals surface area contributed by atoms with E-state index in [4.69, 9.17) is 0 Å². The van der Waals surface area contributed by atoms with Crippen LogP contribution in [0.2, 0.25) is 0 Å². The van der Waals surface area contributed by atoms with Gasteiger partial charge in [0.05, 0.1) is 6.54 Å². The lowest BCUT2D eigenvalue weighted by Gasteiger charge is -2.34. The largest absolute Gasteiger partial charge is 0.335 e. The summed E-state index contributed by atoms with van der Waals surface area (Å²) < 4.78 is 0. The number of nitrogens with zero attached hydrogens (tertiary/aromatic N) is 2. The standard InChI is InChI=1S/C23H34N4O2/c28-22(25-23(29)24-19-10-4-5-11-19)17-27-15-7-13-21(27)20-12-6-14-26(20)16-18-8-2-1-3-9-18/h1-3,8-9,19-21H,4-7,10-17H2,(H2,24,25,28,29). The van der Waals surface area contributed by atoms with E-state index in [1.54, 1.807) is 0 Å². The van der Waals surface area contributed by atoms with Gasteiger partial charge in [0.1, 0.15) is 0 Å². The molecule has 2 heterocycles. The summed E-state index contributed by atoms with van der Waals surface area (Å²) in [6.45, 7) is 3.36. The summed E-state index contributed by atoms with van der Waals surface area (Å²) in [5.74, 6) is -0.181. The summed E-state index contributed by atoms with van der Waals surface area (Å²) >= 11 is 0. The molecule has 2 N–H and O–H groups in total. The Bertz CT molecular complexity index is 689. The molecule has 4 rings (SSSR count). The van der Waals surface area contributed by atoms with Crippen LogP contribution in [0, 0.1) is 0 Å². The maximum atomic E-state index is 12.5. The number of nitrogens with one attached hydrogen (secondary N) is 2. The van der Waals surface area contributed by atoms with Crippen LogP contribution in [0.4, 0.5) is 4.79 Å². The van der Waals surface area contributed by atoms with Crippen molar-refractivity contribution in [2.75, 3.05) is 19.6 Å². The van der Waals surface area contributed by atoms with Crippen molar-refractivity contribution in [3.05, 3.63) is 35.9 Å². The first-order valence-electron chi connectivity index (χ1n) is 11.3. The molecule has 6 heteroatoms. The van der Waals surface area contributed by atoms with Gasteiger partial charge >= 0.3 is 6.03 Å². The molecule has 1 aromatic rings. The summed E-state index contributed by atoms with van der Waals surface area (Å²) in [6, 6.07) is 11.5. The fourth-order valence-corrected chi connectivity index (χ4v) is 5.43. The molecule has 0 aromatic heterocycles. The zero-order valence-corrected chi connectivity index (χ0v) is 17.3. The van der Waals surface area contributed by atoms with E-state index in [-0.39, 0.29) is 18.0 Å². The third kappa shape index (κ3) is 5.37. The second kappa shape index (κ2) is 9.72. The third-order valence-corrected chi connectivity index (χ3v) is 6.79. The van der Waals surface area contributed by atoms with Crippen molar-refractivity contribution in [2.45, 2.75) is 76.0 Å². The zero-order valence-electron chi connectivity index (χ0n) is 17.3. The van der Waals surface area contributed by atoms with E-state index in [1.807, 2.05) is 0 Å². The van der Waals surface area contributed by atoms with Gasteiger partial charge in [0.2, 0.25) is 5.91 Å². The van der Waals surface area contributed by atoms with Crippen LogP contribution in [-0.2, 0) is 11.3 Å². The Balaban J connectivity index is 1.29. The van der Waals surface area contributed by atoms with E-state index < -0.39 is 0 Å². The van der Waals surface area contributed by atoms with Crippen molar-refractivity contribution in [1.82, 2.24) is 20.4 Å². The number of hydrogen-bond donors (Lipinski definition) is 2. The van der Waals surface area contributed by atoms with Crippen LogP contribution in [-0.4, -0.2) is 59.5 Å². The van der Waals surface area contributed by atoms with Gasteiger partial charge in [-0.1, -0.05) is 43.2 Å². The van der Waals surface area contributed by atoms with Crippen molar-refractivity contribution in [2.24, 2.45) is 0 Å². The summed E-state index contributed by atoms with van der Waals surface area (Å²) in [5, 5.41) is 5.49. The molecule has 2 atom stereocenters. The number of likely N-dealkylation sites (tertiary alicyclic amines) is 2. The molecule has 3 aliphatic rings. The van der Waals surface area contributed by atoms with Gasteiger partial charge in [-0.25, -0.2) is 4.79 Å². The van der Waals surface area contributed by atoms with Gasteiger partial charge in [-0.3, -0.25) is 19.9 Å². The molecule has 3 fully saturated rings. The Kier molecular flexibility index (Phi) is 6.82. The summed E-state index contributed by atoms with van der Waals surface area (Å²) in [5.41, 5.74) is 1.35. The average Bonchev–Trinajstić information content (AvgIpc) is 3.45. The highest BCUT2D eigenvalue weighted by molar-refractivity contribution is 5.95. The first-order chi connectivity index (χ1) is 14.2. The molecule has 3 amide bonds. The monoisotopic (exact) mass is 398 g/mol. The van der Waals surface area contributed by atoms with Gasteiger partial charge in [0.15, 0.2) is 0 Å². The smallest absolute Gasteiger partial charge is 0.321 e. The van der Waals surface area contributed by atoms with Gasteiger partial charge in [0.25, 0.3) is 0 Å². The van der Waals surface area contributed by atoms with Gasteiger partial charge in [-0.15, -0.1) is 0 Å². The van der Waals surface area contributed by atoms with Crippen LogP contribution in [0.1, 0.15) is 56.9 Å². The SMILES string of the molecule is O=C(CN1CCCC1C1CCCN1Cc1ccccc1)NC(=O)NC1CCCC1. The second-order valence-corrected chi connectivity index (χ2v) is 8.85. The molecule has 2 unspecified atom stereocenters. The highest BCUT2D eigenvalue weighted by atomic mass is 16.2. The minimum atomic E-state index is -0.329. The minimum absolute atomic E-state index is 0.181. The Morgan fingerprint density at radius 2 is 1.52 bits per heavy atom. The topological polar surface area (TPSA) is 64.7 Å². The third-order valence-electron chi connectivity index (χ3n) is 6.79. The van der Waals surface area contributed by atoms with Crippen molar-refractivity contribution < 1.29 is 9.59 Å². The number of rotatable bonds is 6. The molecule has 0 spiro atoms. The Labute approximate surface area is 174 Å². The molecular weight excluding hydrogens is 364 g/mol. The maximum Gasteiger partial charge on any atom is 0.321 e. The zero-order chi connectivity index (χ0) is 20.1. The summed E-state index contributed by atoms with van der Waals surface area (Å²) in [4.78, 5) is 29.5. The number of urea groups is 1. The first kappa shape index (κ1) is 20.4. The van der Waals surface area contributed by atoms with Crippen molar-refractivity contribution in [1.29, 1.82) is 0 Å². The molecule has 1 saturated carbocycles. The van der Waals surface area contributed by atoms with E-state index in [1.165, 1.54) is 18.4 Å². The number of amides is 3. The average molecular weight is 399 g/mol. The highest BCUT2D eigenvalue weighted by Crippen LogP contribution is 2.30. The second-order valence-electron chi connectivity index (χ2n) is 8.85. The van der Waals surface area contributed by atoms with Gasteiger partial charge in [0, 0.05) is 24.7 Å². The van der Waals surface area contributed by atoms with Crippen LogP contribution >= 0.6 is 0 Å². The summed E-state index contributed by atoms with van der Waals surface area (Å²) in [7, 11) is 0. The number of benzene rings is 1. The Morgan fingerprint density at radius 1 is 0.862 bits per heavy atom. The van der Waals surface area contributed by atoms with Crippen LogP contribution < -0.4 is 10.6 Å². The predicted octanol–water partition coefficient (Wildman–Crippen LogP) is 2.88. The van der Waals surface area contributed by atoms with Crippen LogP contribution in [0.25, 0.3) is 0 Å².